The SMILES string of the molecule is CC(NCC(O)c1ccc(C#N)cc1)C(=O)NC1CC1. The van der Waals surface area contributed by atoms with Crippen molar-refractivity contribution in [2.45, 2.75) is 38.0 Å². The summed E-state index contributed by atoms with van der Waals surface area (Å²) in [4.78, 5) is 11.7. The predicted molar refractivity (Wildman–Crippen MR) is 74.7 cm³/mol. The number of carbonyl (C=O) groups is 1. The van der Waals surface area contributed by atoms with Crippen LogP contribution in [0.2, 0.25) is 0 Å². The van der Waals surface area contributed by atoms with Crippen LogP contribution in [-0.4, -0.2) is 29.6 Å². The molecule has 2 rings (SSSR count). The first-order valence-corrected chi connectivity index (χ1v) is 6.82. The predicted octanol–water partition coefficient (Wildman–Crippen LogP) is 0.848. The van der Waals surface area contributed by atoms with Gasteiger partial charge in [-0.15, -0.1) is 0 Å². The summed E-state index contributed by atoms with van der Waals surface area (Å²) in [5, 5.41) is 24.7. The molecule has 1 aromatic carbocycles. The molecule has 1 aromatic rings. The van der Waals surface area contributed by atoms with Gasteiger partial charge in [-0.25, -0.2) is 0 Å². The minimum Gasteiger partial charge on any atom is -0.387 e. The minimum absolute atomic E-state index is 0.0282. The van der Waals surface area contributed by atoms with Gasteiger partial charge >= 0.3 is 0 Å². The molecule has 0 bridgehead atoms. The average Bonchev–Trinajstić information content (AvgIpc) is 3.28. The zero-order valence-corrected chi connectivity index (χ0v) is 11.5. The third-order valence-electron chi connectivity index (χ3n) is 3.36. The number of aliphatic hydroxyl groups excluding tert-OH is 1. The summed E-state index contributed by atoms with van der Waals surface area (Å²) >= 11 is 0. The van der Waals surface area contributed by atoms with Gasteiger partial charge in [-0.05, 0) is 37.5 Å². The molecule has 1 aliphatic carbocycles. The van der Waals surface area contributed by atoms with Gasteiger partial charge in [0.05, 0.1) is 23.8 Å². The lowest BCUT2D eigenvalue weighted by Gasteiger charge is -2.17. The van der Waals surface area contributed by atoms with Gasteiger partial charge in [0.15, 0.2) is 0 Å². The molecule has 0 spiro atoms. The van der Waals surface area contributed by atoms with Gasteiger partial charge in [0.25, 0.3) is 0 Å². The van der Waals surface area contributed by atoms with E-state index >= 15 is 0 Å². The molecule has 3 N–H and O–H groups in total. The highest BCUT2D eigenvalue weighted by molar-refractivity contribution is 5.81. The second-order valence-electron chi connectivity index (χ2n) is 5.16. The molecular weight excluding hydrogens is 254 g/mol. The summed E-state index contributed by atoms with van der Waals surface area (Å²) in [7, 11) is 0. The summed E-state index contributed by atoms with van der Waals surface area (Å²) in [5.41, 5.74) is 1.29. The molecule has 1 fully saturated rings. The highest BCUT2D eigenvalue weighted by atomic mass is 16.3. The average molecular weight is 273 g/mol. The van der Waals surface area contributed by atoms with Crippen molar-refractivity contribution in [1.29, 1.82) is 5.26 Å². The first kappa shape index (κ1) is 14.5. The molecule has 5 nitrogen and oxygen atoms in total. The molecule has 20 heavy (non-hydrogen) atoms. The van der Waals surface area contributed by atoms with Crippen LogP contribution >= 0.6 is 0 Å². The lowest BCUT2D eigenvalue weighted by atomic mass is 10.1. The normalized spacial score (nSPS) is 17.1. The Balaban J connectivity index is 1.79. The van der Waals surface area contributed by atoms with Crippen molar-refractivity contribution in [3.63, 3.8) is 0 Å². The largest absolute Gasteiger partial charge is 0.387 e. The third-order valence-corrected chi connectivity index (χ3v) is 3.36. The number of hydrogen-bond acceptors (Lipinski definition) is 4. The molecule has 0 saturated heterocycles. The number of benzene rings is 1. The molecule has 0 heterocycles. The monoisotopic (exact) mass is 273 g/mol. The number of hydrogen-bond donors (Lipinski definition) is 3. The van der Waals surface area contributed by atoms with Crippen LogP contribution in [0.25, 0.3) is 0 Å². The van der Waals surface area contributed by atoms with Gasteiger partial charge in [-0.3, -0.25) is 4.79 Å². The summed E-state index contributed by atoms with van der Waals surface area (Å²) in [5.74, 6) is -0.0282. The van der Waals surface area contributed by atoms with Crippen LogP contribution in [0.4, 0.5) is 0 Å². The third kappa shape index (κ3) is 4.05. The van der Waals surface area contributed by atoms with Crippen LogP contribution in [-0.2, 0) is 4.79 Å². The molecular formula is C15H19N3O2. The van der Waals surface area contributed by atoms with E-state index in [-0.39, 0.29) is 11.9 Å². The Kier molecular flexibility index (Phi) is 4.72. The van der Waals surface area contributed by atoms with Crippen molar-refractivity contribution in [2.75, 3.05) is 6.54 Å². The van der Waals surface area contributed by atoms with Crippen LogP contribution in [0.3, 0.4) is 0 Å². The van der Waals surface area contributed by atoms with Crippen LogP contribution < -0.4 is 10.6 Å². The van der Waals surface area contributed by atoms with Crippen molar-refractivity contribution < 1.29 is 9.90 Å². The lowest BCUT2D eigenvalue weighted by molar-refractivity contribution is -0.123. The Hall–Kier alpha value is -1.90. The smallest absolute Gasteiger partial charge is 0.237 e. The fourth-order valence-corrected chi connectivity index (χ4v) is 1.83. The maximum atomic E-state index is 11.7. The maximum Gasteiger partial charge on any atom is 0.237 e. The van der Waals surface area contributed by atoms with E-state index in [1.54, 1.807) is 31.2 Å². The Morgan fingerprint density at radius 1 is 1.45 bits per heavy atom. The molecule has 1 saturated carbocycles. The summed E-state index contributed by atoms with van der Waals surface area (Å²) < 4.78 is 0. The number of aliphatic hydroxyl groups is 1. The molecule has 1 amide bonds. The van der Waals surface area contributed by atoms with Crippen LogP contribution in [0.1, 0.15) is 37.0 Å². The van der Waals surface area contributed by atoms with E-state index in [0.29, 0.717) is 18.2 Å². The summed E-state index contributed by atoms with van der Waals surface area (Å²) in [6, 6.07) is 8.83. The van der Waals surface area contributed by atoms with Gasteiger partial charge in [0.2, 0.25) is 5.91 Å². The highest BCUT2D eigenvalue weighted by Crippen LogP contribution is 2.18. The zero-order valence-electron chi connectivity index (χ0n) is 11.5. The first-order chi connectivity index (χ1) is 9.60. The lowest BCUT2D eigenvalue weighted by Crippen LogP contribution is -2.44. The second kappa shape index (κ2) is 6.51. The Morgan fingerprint density at radius 2 is 2.10 bits per heavy atom. The van der Waals surface area contributed by atoms with Crippen molar-refractivity contribution in [2.24, 2.45) is 0 Å². The number of amides is 1. The number of rotatable bonds is 6. The van der Waals surface area contributed by atoms with Crippen molar-refractivity contribution in [1.82, 2.24) is 10.6 Å². The maximum absolute atomic E-state index is 11.7. The number of carbonyl (C=O) groups excluding carboxylic acids is 1. The summed E-state index contributed by atoms with van der Waals surface area (Å²) in [6.45, 7) is 2.08. The van der Waals surface area contributed by atoms with Gasteiger partial charge in [-0.2, -0.15) is 5.26 Å². The molecule has 1 aliphatic rings. The van der Waals surface area contributed by atoms with E-state index in [2.05, 4.69) is 10.6 Å². The van der Waals surface area contributed by atoms with Crippen molar-refractivity contribution in [3.05, 3.63) is 35.4 Å². The highest BCUT2D eigenvalue weighted by Gasteiger charge is 2.25. The van der Waals surface area contributed by atoms with Gasteiger partial charge in [-0.1, -0.05) is 12.1 Å². The van der Waals surface area contributed by atoms with E-state index in [4.69, 9.17) is 5.26 Å². The first-order valence-electron chi connectivity index (χ1n) is 6.82. The fourth-order valence-electron chi connectivity index (χ4n) is 1.83. The number of nitrogens with zero attached hydrogens (tertiary/aromatic N) is 1. The van der Waals surface area contributed by atoms with Gasteiger partial charge < -0.3 is 15.7 Å². The van der Waals surface area contributed by atoms with E-state index in [9.17, 15) is 9.90 Å². The van der Waals surface area contributed by atoms with Crippen molar-refractivity contribution >= 4 is 5.91 Å². The summed E-state index contributed by atoms with van der Waals surface area (Å²) in [6.07, 6.45) is 1.43. The standard InChI is InChI=1S/C15H19N3O2/c1-10(15(20)18-13-6-7-13)17-9-14(19)12-4-2-11(8-16)3-5-12/h2-5,10,13-14,17,19H,6-7,9H2,1H3,(H,18,20). The van der Waals surface area contributed by atoms with Crippen LogP contribution in [0.5, 0.6) is 0 Å². The Bertz CT molecular complexity index is 503. The molecule has 2 atom stereocenters. The van der Waals surface area contributed by atoms with E-state index in [1.165, 1.54) is 0 Å². The molecule has 5 heteroatoms. The van der Waals surface area contributed by atoms with Gasteiger partial charge in [0.1, 0.15) is 0 Å². The number of nitrogens with one attached hydrogen (secondary N) is 2. The Morgan fingerprint density at radius 3 is 2.65 bits per heavy atom. The minimum atomic E-state index is -0.695. The van der Waals surface area contributed by atoms with E-state index in [1.807, 2.05) is 6.07 Å². The van der Waals surface area contributed by atoms with Crippen LogP contribution in [0, 0.1) is 11.3 Å². The van der Waals surface area contributed by atoms with E-state index in [0.717, 1.165) is 18.4 Å². The quantitative estimate of drug-likeness (QED) is 0.717. The molecule has 0 aliphatic heterocycles. The Labute approximate surface area is 118 Å². The van der Waals surface area contributed by atoms with Crippen molar-refractivity contribution in [3.8, 4) is 6.07 Å². The molecule has 2 unspecified atom stereocenters. The number of nitriles is 1. The zero-order chi connectivity index (χ0) is 14.5. The topological polar surface area (TPSA) is 85.2 Å². The van der Waals surface area contributed by atoms with E-state index < -0.39 is 6.10 Å². The molecule has 106 valence electrons. The second-order valence-corrected chi connectivity index (χ2v) is 5.16. The molecule has 0 radical (unpaired) electrons. The fraction of sp³-hybridized carbons (Fsp3) is 0.467. The van der Waals surface area contributed by atoms with Crippen LogP contribution in [0.15, 0.2) is 24.3 Å². The molecule has 0 aromatic heterocycles. The van der Waals surface area contributed by atoms with Gasteiger partial charge in [0, 0.05) is 12.6 Å².